The largest absolute Gasteiger partial charge is 0.356 e. The lowest BCUT2D eigenvalue weighted by molar-refractivity contribution is 0.442. The highest BCUT2D eigenvalue weighted by atomic mass is 19.1. The summed E-state index contributed by atoms with van der Waals surface area (Å²) < 4.78 is 15.7. The molecule has 146 valence electrons. The molecule has 3 heterocycles. The van der Waals surface area contributed by atoms with Crippen LogP contribution in [0.4, 0.5) is 10.2 Å². The molecule has 1 aliphatic rings. The summed E-state index contributed by atoms with van der Waals surface area (Å²) in [6.45, 7) is 4.30. The van der Waals surface area contributed by atoms with E-state index in [9.17, 15) is 4.39 Å². The maximum Gasteiger partial charge on any atom is 0.158 e. The molecule has 5 heteroatoms. The fourth-order valence-corrected chi connectivity index (χ4v) is 4.13. The fraction of sp³-hybridized carbons (Fsp3) is 0.250. The third-order valence-electron chi connectivity index (χ3n) is 5.58. The lowest BCUT2D eigenvalue weighted by Gasteiger charge is -2.32. The van der Waals surface area contributed by atoms with Gasteiger partial charge in [0.1, 0.15) is 11.6 Å². The van der Waals surface area contributed by atoms with Crippen molar-refractivity contribution in [1.29, 1.82) is 0 Å². The molecule has 2 aromatic heterocycles. The third-order valence-corrected chi connectivity index (χ3v) is 5.58. The van der Waals surface area contributed by atoms with Crippen LogP contribution < -0.4 is 4.90 Å². The topological polar surface area (TPSA) is 33.4 Å². The molecule has 0 amide bonds. The highest BCUT2D eigenvalue weighted by molar-refractivity contribution is 5.71. The van der Waals surface area contributed by atoms with E-state index in [1.54, 1.807) is 6.07 Å². The molecule has 0 unspecified atom stereocenters. The number of hydrogen-bond acceptors (Lipinski definition) is 3. The lowest BCUT2D eigenvalue weighted by atomic mass is 10.0. The Balaban J connectivity index is 1.69. The Hall–Kier alpha value is -3.21. The van der Waals surface area contributed by atoms with E-state index in [1.807, 2.05) is 34.8 Å². The van der Waals surface area contributed by atoms with Crippen LogP contribution in [0.15, 0.2) is 66.7 Å². The Morgan fingerprint density at radius 3 is 2.55 bits per heavy atom. The van der Waals surface area contributed by atoms with Gasteiger partial charge in [-0.05, 0) is 30.9 Å². The molecule has 0 spiro atoms. The van der Waals surface area contributed by atoms with Crippen LogP contribution in [0.1, 0.15) is 19.8 Å². The van der Waals surface area contributed by atoms with Crippen molar-refractivity contribution in [3.05, 3.63) is 72.5 Å². The quantitative estimate of drug-likeness (QED) is 0.470. The van der Waals surface area contributed by atoms with Crippen LogP contribution in [0.25, 0.3) is 28.2 Å². The molecule has 5 rings (SSSR count). The van der Waals surface area contributed by atoms with Gasteiger partial charge in [0.05, 0.1) is 11.4 Å². The number of hydrogen-bond donors (Lipinski definition) is 0. The van der Waals surface area contributed by atoms with Crippen LogP contribution in [0.5, 0.6) is 0 Å². The van der Waals surface area contributed by atoms with Crippen LogP contribution in [0.2, 0.25) is 0 Å². The van der Waals surface area contributed by atoms with Gasteiger partial charge in [0.2, 0.25) is 0 Å². The minimum absolute atomic E-state index is 0.262. The van der Waals surface area contributed by atoms with Crippen molar-refractivity contribution < 1.29 is 4.39 Å². The van der Waals surface area contributed by atoms with E-state index in [0.717, 1.165) is 47.1 Å². The molecule has 1 aliphatic heterocycles. The summed E-state index contributed by atoms with van der Waals surface area (Å²) >= 11 is 0. The predicted octanol–water partition coefficient (Wildman–Crippen LogP) is 5.44. The number of fused-ring (bicyclic) bond motifs is 1. The molecule has 29 heavy (non-hydrogen) atoms. The van der Waals surface area contributed by atoms with Crippen molar-refractivity contribution in [2.24, 2.45) is 5.92 Å². The van der Waals surface area contributed by atoms with Crippen LogP contribution in [0, 0.1) is 11.7 Å². The highest BCUT2D eigenvalue weighted by Crippen LogP contribution is 2.30. The van der Waals surface area contributed by atoms with Crippen LogP contribution in [-0.4, -0.2) is 27.7 Å². The molecule has 2 aromatic carbocycles. The first-order chi connectivity index (χ1) is 14.2. The van der Waals surface area contributed by atoms with Crippen molar-refractivity contribution in [1.82, 2.24) is 14.6 Å². The van der Waals surface area contributed by atoms with Gasteiger partial charge in [-0.3, -0.25) is 0 Å². The summed E-state index contributed by atoms with van der Waals surface area (Å²) in [4.78, 5) is 7.27. The Bertz CT molecular complexity index is 1150. The highest BCUT2D eigenvalue weighted by Gasteiger charge is 2.21. The van der Waals surface area contributed by atoms with Crippen LogP contribution in [-0.2, 0) is 0 Å². The number of benzene rings is 2. The SMILES string of the molecule is C[C@H]1CCCN(c2cc(-c3ccccc3)nc3cc(-c4cccc(F)c4)nn23)C1. The van der Waals surface area contributed by atoms with Crippen molar-refractivity contribution >= 4 is 11.5 Å². The second-order valence-electron chi connectivity index (χ2n) is 7.87. The van der Waals surface area contributed by atoms with E-state index in [4.69, 9.17) is 10.1 Å². The summed E-state index contributed by atoms with van der Waals surface area (Å²) in [5, 5.41) is 4.80. The number of piperidine rings is 1. The summed E-state index contributed by atoms with van der Waals surface area (Å²) in [5.41, 5.74) is 4.27. The predicted molar refractivity (Wildman–Crippen MR) is 114 cm³/mol. The molecule has 1 fully saturated rings. The van der Waals surface area contributed by atoms with E-state index in [2.05, 4.69) is 30.0 Å². The van der Waals surface area contributed by atoms with E-state index in [1.165, 1.54) is 25.0 Å². The number of halogens is 1. The van der Waals surface area contributed by atoms with Gasteiger partial charge in [-0.1, -0.05) is 49.4 Å². The summed E-state index contributed by atoms with van der Waals surface area (Å²) in [6, 6.07) is 20.8. The average molecular weight is 386 g/mol. The van der Waals surface area contributed by atoms with Gasteiger partial charge in [0.25, 0.3) is 0 Å². The summed E-state index contributed by atoms with van der Waals surface area (Å²) in [7, 11) is 0. The van der Waals surface area contributed by atoms with Gasteiger partial charge >= 0.3 is 0 Å². The summed E-state index contributed by atoms with van der Waals surface area (Å²) in [6.07, 6.45) is 2.42. The molecule has 4 aromatic rings. The Morgan fingerprint density at radius 2 is 1.76 bits per heavy atom. The van der Waals surface area contributed by atoms with E-state index in [-0.39, 0.29) is 5.82 Å². The molecule has 1 saturated heterocycles. The normalized spacial score (nSPS) is 17.0. The number of rotatable bonds is 3. The second-order valence-corrected chi connectivity index (χ2v) is 7.87. The maximum atomic E-state index is 13.7. The van der Waals surface area contributed by atoms with Gasteiger partial charge in [-0.15, -0.1) is 0 Å². The van der Waals surface area contributed by atoms with Crippen LogP contribution in [0.3, 0.4) is 0 Å². The van der Waals surface area contributed by atoms with Crippen LogP contribution >= 0.6 is 0 Å². The van der Waals surface area contributed by atoms with Crippen molar-refractivity contribution in [2.75, 3.05) is 18.0 Å². The van der Waals surface area contributed by atoms with Gasteiger partial charge in [-0.2, -0.15) is 9.61 Å². The first-order valence-electron chi connectivity index (χ1n) is 10.1. The van der Waals surface area contributed by atoms with E-state index in [0.29, 0.717) is 5.92 Å². The van der Waals surface area contributed by atoms with Gasteiger partial charge in [0, 0.05) is 36.3 Å². The molecular formula is C24H23FN4. The zero-order chi connectivity index (χ0) is 19.8. The Morgan fingerprint density at radius 1 is 0.931 bits per heavy atom. The Kier molecular flexibility index (Phi) is 4.51. The zero-order valence-corrected chi connectivity index (χ0v) is 16.4. The first-order valence-corrected chi connectivity index (χ1v) is 10.1. The Labute approximate surface area is 169 Å². The first kappa shape index (κ1) is 17.9. The van der Waals surface area contributed by atoms with Crippen molar-refractivity contribution in [3.8, 4) is 22.5 Å². The molecule has 1 atom stereocenters. The standard InChI is InChI=1S/C24H23FN4/c1-17-7-6-12-28(16-17)24-15-21(18-8-3-2-4-9-18)26-23-14-22(27-29(23)24)19-10-5-11-20(25)13-19/h2-5,8-11,13-15,17H,6-7,12,16H2,1H3/t17-/m0/s1. The number of anilines is 1. The molecule has 0 bridgehead atoms. The molecule has 0 saturated carbocycles. The van der Waals surface area contributed by atoms with Gasteiger partial charge in [0.15, 0.2) is 5.65 Å². The van der Waals surface area contributed by atoms with E-state index < -0.39 is 0 Å². The number of aromatic nitrogens is 3. The minimum Gasteiger partial charge on any atom is -0.356 e. The van der Waals surface area contributed by atoms with Crippen molar-refractivity contribution in [2.45, 2.75) is 19.8 Å². The minimum atomic E-state index is -0.262. The molecule has 4 nitrogen and oxygen atoms in total. The molecular weight excluding hydrogens is 363 g/mol. The van der Waals surface area contributed by atoms with Gasteiger partial charge in [-0.25, -0.2) is 9.37 Å². The maximum absolute atomic E-state index is 13.7. The zero-order valence-electron chi connectivity index (χ0n) is 16.4. The number of nitrogens with zero attached hydrogens (tertiary/aromatic N) is 4. The van der Waals surface area contributed by atoms with E-state index >= 15 is 0 Å². The third kappa shape index (κ3) is 3.48. The van der Waals surface area contributed by atoms with Crippen molar-refractivity contribution in [3.63, 3.8) is 0 Å². The van der Waals surface area contributed by atoms with Gasteiger partial charge < -0.3 is 4.90 Å². The lowest BCUT2D eigenvalue weighted by Crippen LogP contribution is -2.35. The molecule has 0 aliphatic carbocycles. The second kappa shape index (κ2) is 7.32. The molecule has 0 N–H and O–H groups in total. The fourth-order valence-electron chi connectivity index (χ4n) is 4.13. The monoisotopic (exact) mass is 386 g/mol. The molecule has 0 radical (unpaired) electrons. The smallest absolute Gasteiger partial charge is 0.158 e. The summed E-state index contributed by atoms with van der Waals surface area (Å²) in [5.74, 6) is 1.43. The average Bonchev–Trinajstić information content (AvgIpc) is 3.18.